The van der Waals surface area contributed by atoms with Crippen LogP contribution in [0.2, 0.25) is 0 Å². The highest BCUT2D eigenvalue weighted by molar-refractivity contribution is 6.06. The molecular weight excluding hydrogens is 419 g/mol. The first-order chi connectivity index (χ1) is 15.9. The number of hydrogen-bond acceptors (Lipinski definition) is 3. The molecule has 1 aromatic heterocycles. The Labute approximate surface area is 190 Å². The van der Waals surface area contributed by atoms with E-state index in [0.717, 1.165) is 29.5 Å². The normalized spacial score (nSPS) is 13.3. The number of anilines is 1. The van der Waals surface area contributed by atoms with Crippen molar-refractivity contribution in [3.63, 3.8) is 0 Å². The molecule has 5 rings (SSSR count). The van der Waals surface area contributed by atoms with Crippen molar-refractivity contribution in [3.8, 4) is 11.1 Å². The maximum absolute atomic E-state index is 15.3. The van der Waals surface area contributed by atoms with Gasteiger partial charge in [-0.2, -0.15) is 5.10 Å². The van der Waals surface area contributed by atoms with Crippen molar-refractivity contribution in [2.75, 3.05) is 5.32 Å². The van der Waals surface area contributed by atoms with Crippen LogP contribution in [-0.4, -0.2) is 21.6 Å². The number of nitrogens with zero attached hydrogens (tertiary/aromatic N) is 2. The minimum atomic E-state index is -0.635. The van der Waals surface area contributed by atoms with Crippen LogP contribution in [0.15, 0.2) is 60.7 Å². The Morgan fingerprint density at radius 1 is 1.06 bits per heavy atom. The summed E-state index contributed by atoms with van der Waals surface area (Å²) in [6.07, 6.45) is 2.11. The van der Waals surface area contributed by atoms with Crippen molar-refractivity contribution >= 4 is 28.4 Å². The van der Waals surface area contributed by atoms with Crippen molar-refractivity contribution in [1.29, 1.82) is 0 Å². The van der Waals surface area contributed by atoms with Gasteiger partial charge in [-0.3, -0.25) is 14.3 Å². The molecule has 0 aliphatic heterocycles. The minimum absolute atomic E-state index is 0.0889. The summed E-state index contributed by atoms with van der Waals surface area (Å²) in [6.45, 7) is 1.74. The van der Waals surface area contributed by atoms with Crippen LogP contribution in [0.3, 0.4) is 0 Å². The molecule has 0 saturated heterocycles. The van der Waals surface area contributed by atoms with E-state index in [2.05, 4.69) is 10.4 Å². The van der Waals surface area contributed by atoms with Crippen LogP contribution in [-0.2, 0) is 11.3 Å². The third-order valence-corrected chi connectivity index (χ3v) is 6.06. The smallest absolute Gasteiger partial charge is 0.269 e. The van der Waals surface area contributed by atoms with E-state index in [9.17, 15) is 9.59 Å². The van der Waals surface area contributed by atoms with Crippen LogP contribution in [0, 0.1) is 12.7 Å². The van der Waals surface area contributed by atoms with Crippen molar-refractivity contribution in [2.24, 2.45) is 5.73 Å². The second kappa shape index (κ2) is 8.16. The van der Waals surface area contributed by atoms with Crippen molar-refractivity contribution < 1.29 is 14.0 Å². The number of nitrogens with one attached hydrogen (secondary N) is 1. The van der Waals surface area contributed by atoms with Crippen LogP contribution in [0.5, 0.6) is 0 Å². The Balaban J connectivity index is 1.45. The van der Waals surface area contributed by atoms with Gasteiger partial charge in [0.1, 0.15) is 6.54 Å². The molecule has 7 heteroatoms. The van der Waals surface area contributed by atoms with E-state index in [1.54, 1.807) is 12.1 Å². The number of hydrogen-bond donors (Lipinski definition) is 2. The third kappa shape index (κ3) is 3.86. The first-order valence-electron chi connectivity index (χ1n) is 10.9. The summed E-state index contributed by atoms with van der Waals surface area (Å²) in [5.74, 6) is -1.20. The van der Waals surface area contributed by atoms with Crippen LogP contribution in [0.1, 0.15) is 40.4 Å². The van der Waals surface area contributed by atoms with Gasteiger partial charge < -0.3 is 11.1 Å². The number of carbonyl (C=O) groups excluding carboxylic acids is 2. The molecular formula is C26H23FN4O2. The lowest BCUT2D eigenvalue weighted by atomic mass is 9.99. The summed E-state index contributed by atoms with van der Waals surface area (Å²) in [6, 6.07) is 18.1. The summed E-state index contributed by atoms with van der Waals surface area (Å²) in [5.41, 5.74) is 9.64. The third-order valence-electron chi connectivity index (χ3n) is 6.06. The molecule has 6 nitrogen and oxygen atoms in total. The molecule has 0 unspecified atom stereocenters. The zero-order valence-electron chi connectivity index (χ0n) is 18.1. The molecule has 4 aromatic rings. The highest BCUT2D eigenvalue weighted by Crippen LogP contribution is 2.43. The molecule has 166 valence electrons. The number of fused-ring (bicyclic) bond motifs is 1. The molecule has 1 aliphatic rings. The summed E-state index contributed by atoms with van der Waals surface area (Å²) >= 11 is 0. The van der Waals surface area contributed by atoms with E-state index in [-0.39, 0.29) is 17.9 Å². The fraction of sp³-hybridized carbons (Fsp3) is 0.192. The van der Waals surface area contributed by atoms with E-state index in [0.29, 0.717) is 22.4 Å². The summed E-state index contributed by atoms with van der Waals surface area (Å²) < 4.78 is 16.7. The van der Waals surface area contributed by atoms with Gasteiger partial charge in [0.2, 0.25) is 5.91 Å². The molecule has 0 bridgehead atoms. The number of rotatable bonds is 6. The Morgan fingerprint density at radius 3 is 2.52 bits per heavy atom. The maximum atomic E-state index is 15.3. The van der Waals surface area contributed by atoms with Crippen LogP contribution in [0.25, 0.3) is 22.0 Å². The van der Waals surface area contributed by atoms with E-state index >= 15 is 4.39 Å². The summed E-state index contributed by atoms with van der Waals surface area (Å²) in [5, 5.41) is 7.68. The lowest BCUT2D eigenvalue weighted by Gasteiger charge is -2.12. The standard InChI is InChI=1S/C26H23FN4O2/c1-15-6-2-3-7-17(15)19-9-4-10-20(24(19)27)29-22(32)14-31-21-11-5-8-18(16-12-13-16)23(21)25(30-31)26(28)33/h2-11,16H,12-14H2,1H3,(H2,28,33)(H,29,32). The number of primary amides is 1. The molecule has 0 radical (unpaired) electrons. The van der Waals surface area contributed by atoms with Crippen LogP contribution < -0.4 is 11.1 Å². The lowest BCUT2D eigenvalue weighted by molar-refractivity contribution is -0.116. The average molecular weight is 442 g/mol. The number of nitrogens with two attached hydrogens (primary N) is 1. The van der Waals surface area contributed by atoms with Gasteiger partial charge in [0.25, 0.3) is 5.91 Å². The van der Waals surface area contributed by atoms with Gasteiger partial charge >= 0.3 is 0 Å². The first kappa shape index (κ1) is 20.9. The molecule has 1 aliphatic carbocycles. The average Bonchev–Trinajstić information content (AvgIpc) is 3.57. The van der Waals surface area contributed by atoms with Crippen LogP contribution in [0.4, 0.5) is 10.1 Å². The molecule has 1 fully saturated rings. The van der Waals surface area contributed by atoms with Gasteiger partial charge in [0.15, 0.2) is 11.5 Å². The maximum Gasteiger partial charge on any atom is 0.269 e. The number of amides is 2. The van der Waals surface area contributed by atoms with E-state index in [4.69, 9.17) is 5.73 Å². The fourth-order valence-corrected chi connectivity index (χ4v) is 4.32. The molecule has 2 amide bonds. The highest BCUT2D eigenvalue weighted by atomic mass is 19.1. The number of benzene rings is 3. The Kier molecular flexibility index (Phi) is 5.17. The SMILES string of the molecule is Cc1ccccc1-c1cccc(NC(=O)Cn2nc(C(N)=O)c3c(C4CC4)cccc32)c1F. The quantitative estimate of drug-likeness (QED) is 0.451. The second-order valence-electron chi connectivity index (χ2n) is 8.42. The lowest BCUT2D eigenvalue weighted by Crippen LogP contribution is -2.21. The van der Waals surface area contributed by atoms with Gasteiger partial charge in [-0.15, -0.1) is 0 Å². The van der Waals surface area contributed by atoms with E-state index in [1.807, 2.05) is 49.4 Å². The fourth-order valence-electron chi connectivity index (χ4n) is 4.32. The number of aryl methyl sites for hydroxylation is 1. The Bertz CT molecular complexity index is 1400. The Hall–Kier alpha value is -4.00. The zero-order valence-corrected chi connectivity index (χ0v) is 18.1. The van der Waals surface area contributed by atoms with Gasteiger partial charge in [-0.25, -0.2) is 4.39 Å². The largest absolute Gasteiger partial charge is 0.364 e. The van der Waals surface area contributed by atoms with Gasteiger partial charge in [-0.1, -0.05) is 48.5 Å². The molecule has 0 atom stereocenters. The Morgan fingerprint density at radius 2 is 1.79 bits per heavy atom. The predicted molar refractivity (Wildman–Crippen MR) is 125 cm³/mol. The highest BCUT2D eigenvalue weighted by Gasteiger charge is 2.29. The minimum Gasteiger partial charge on any atom is -0.364 e. The molecule has 3 aromatic carbocycles. The van der Waals surface area contributed by atoms with E-state index < -0.39 is 17.6 Å². The van der Waals surface area contributed by atoms with Crippen molar-refractivity contribution in [1.82, 2.24) is 9.78 Å². The van der Waals surface area contributed by atoms with E-state index in [1.165, 1.54) is 10.7 Å². The summed E-state index contributed by atoms with van der Waals surface area (Å²) in [4.78, 5) is 24.9. The number of aromatic nitrogens is 2. The number of halogens is 1. The summed E-state index contributed by atoms with van der Waals surface area (Å²) in [7, 11) is 0. The topological polar surface area (TPSA) is 90.0 Å². The molecule has 1 saturated carbocycles. The first-order valence-corrected chi connectivity index (χ1v) is 10.9. The monoisotopic (exact) mass is 442 g/mol. The number of carbonyl (C=O) groups is 2. The predicted octanol–water partition coefficient (Wildman–Crippen LogP) is 4.77. The van der Waals surface area contributed by atoms with Crippen molar-refractivity contribution in [3.05, 3.63) is 83.3 Å². The van der Waals surface area contributed by atoms with Gasteiger partial charge in [-0.05, 0) is 54.5 Å². The molecule has 33 heavy (non-hydrogen) atoms. The van der Waals surface area contributed by atoms with Gasteiger partial charge in [0, 0.05) is 10.9 Å². The van der Waals surface area contributed by atoms with Gasteiger partial charge in [0.05, 0.1) is 11.2 Å². The molecule has 1 heterocycles. The molecule has 3 N–H and O–H groups in total. The molecule has 0 spiro atoms. The second-order valence-corrected chi connectivity index (χ2v) is 8.42. The van der Waals surface area contributed by atoms with Crippen molar-refractivity contribution in [2.45, 2.75) is 32.2 Å². The van der Waals surface area contributed by atoms with Crippen LogP contribution >= 0.6 is 0 Å². The zero-order chi connectivity index (χ0) is 23.1.